The summed E-state index contributed by atoms with van der Waals surface area (Å²) in [6.45, 7) is 9.87. The van der Waals surface area contributed by atoms with Gasteiger partial charge in [-0.05, 0) is 68.2 Å². The highest BCUT2D eigenvalue weighted by Crippen LogP contribution is 2.34. The van der Waals surface area contributed by atoms with Crippen molar-refractivity contribution in [1.82, 2.24) is 0 Å². The number of nitrogens with one attached hydrogen (secondary N) is 2. The summed E-state index contributed by atoms with van der Waals surface area (Å²) in [5, 5.41) is 23.4. The predicted octanol–water partition coefficient (Wildman–Crippen LogP) is 5.14. The maximum absolute atomic E-state index is 11.4. The van der Waals surface area contributed by atoms with Crippen molar-refractivity contribution in [1.29, 1.82) is 0 Å². The van der Waals surface area contributed by atoms with Gasteiger partial charge in [0.1, 0.15) is 0 Å². The highest BCUT2D eigenvalue weighted by molar-refractivity contribution is 5.91. The molecule has 0 heterocycles. The van der Waals surface area contributed by atoms with E-state index in [0.29, 0.717) is 49.4 Å². The number of carbonyl (C=O) groups is 2. The summed E-state index contributed by atoms with van der Waals surface area (Å²) >= 11 is 0. The number of rotatable bonds is 14. The summed E-state index contributed by atoms with van der Waals surface area (Å²) in [7, 11) is 0. The van der Waals surface area contributed by atoms with Crippen molar-refractivity contribution < 1.29 is 29.3 Å². The minimum absolute atomic E-state index is 0.397. The maximum atomic E-state index is 11.4. The number of anilines is 2. The summed E-state index contributed by atoms with van der Waals surface area (Å²) in [5.74, 6) is 0. The number of amides is 2. The van der Waals surface area contributed by atoms with Gasteiger partial charge in [-0.2, -0.15) is 0 Å². The molecule has 0 radical (unpaired) electrons. The Morgan fingerprint density at radius 1 is 0.966 bits per heavy atom. The third-order valence-corrected chi connectivity index (χ3v) is 4.41. The average Bonchev–Trinajstić information content (AvgIpc) is 2.65. The Morgan fingerprint density at radius 3 is 2.03 bits per heavy atom. The number of hydrogen-bond acceptors (Lipinski definition) is 4. The van der Waals surface area contributed by atoms with Crippen LogP contribution < -0.4 is 10.6 Å². The van der Waals surface area contributed by atoms with Gasteiger partial charge in [0.2, 0.25) is 0 Å². The largest absolute Gasteiger partial charge is 0.502 e. The first-order chi connectivity index (χ1) is 13.9. The molecule has 0 aliphatic heterocycles. The maximum Gasteiger partial charge on any atom is 0.409 e. The first kappa shape index (κ1) is 23.9. The molecule has 2 amide bonds. The Balaban J connectivity index is 3.14. The zero-order valence-electron chi connectivity index (χ0n) is 16.8. The average molecular weight is 406 g/mol. The lowest BCUT2D eigenvalue weighted by Crippen LogP contribution is -2.16. The van der Waals surface area contributed by atoms with E-state index in [1.807, 2.05) is 6.92 Å². The molecule has 0 aliphatic carbocycles. The van der Waals surface area contributed by atoms with Gasteiger partial charge in [-0.15, -0.1) is 0 Å². The van der Waals surface area contributed by atoms with E-state index >= 15 is 0 Å². The summed E-state index contributed by atoms with van der Waals surface area (Å²) in [5.41, 5.74) is 3.14. The molecule has 0 bridgehead atoms. The summed E-state index contributed by atoms with van der Waals surface area (Å²) < 4.78 is 10.2. The van der Waals surface area contributed by atoms with Gasteiger partial charge < -0.3 is 19.7 Å². The van der Waals surface area contributed by atoms with Crippen LogP contribution in [-0.4, -0.2) is 35.6 Å². The zero-order chi connectivity index (χ0) is 21.6. The molecule has 0 spiro atoms. The minimum Gasteiger partial charge on any atom is -0.502 e. The summed E-state index contributed by atoms with van der Waals surface area (Å²) in [6.07, 6.45) is 4.59. The lowest BCUT2D eigenvalue weighted by Gasteiger charge is -2.20. The lowest BCUT2D eigenvalue weighted by molar-refractivity contribution is 0.208. The monoisotopic (exact) mass is 406 g/mol. The first-order valence-corrected chi connectivity index (χ1v) is 9.51. The van der Waals surface area contributed by atoms with E-state index in [1.165, 1.54) is 12.5 Å². The molecule has 0 aliphatic rings. The molecule has 0 fully saturated rings. The smallest absolute Gasteiger partial charge is 0.409 e. The second-order valence-corrected chi connectivity index (χ2v) is 6.41. The Morgan fingerprint density at radius 2 is 1.52 bits per heavy atom. The van der Waals surface area contributed by atoms with E-state index in [1.54, 1.807) is 6.07 Å². The molecule has 160 valence electrons. The predicted molar refractivity (Wildman–Crippen MR) is 113 cm³/mol. The Hall–Kier alpha value is -3.16. The molecule has 0 saturated heterocycles. The van der Waals surface area contributed by atoms with Crippen molar-refractivity contribution in [3.63, 3.8) is 0 Å². The summed E-state index contributed by atoms with van der Waals surface area (Å²) in [4.78, 5) is 22.7. The van der Waals surface area contributed by atoms with Crippen LogP contribution in [0.25, 0.3) is 0 Å². The molecule has 1 rings (SSSR count). The quantitative estimate of drug-likeness (QED) is 0.251. The molecule has 29 heavy (non-hydrogen) atoms. The van der Waals surface area contributed by atoms with Crippen molar-refractivity contribution in [3.05, 3.63) is 48.4 Å². The van der Waals surface area contributed by atoms with Crippen LogP contribution in [0.2, 0.25) is 0 Å². The summed E-state index contributed by atoms with van der Waals surface area (Å²) in [6, 6.07) is 1.79. The molecular weight excluding hydrogens is 376 g/mol. The number of benzene rings is 1. The second-order valence-electron chi connectivity index (χ2n) is 6.41. The lowest BCUT2D eigenvalue weighted by atomic mass is 9.93. The number of ether oxygens (including phenoxy) is 2. The van der Waals surface area contributed by atoms with Crippen LogP contribution in [0.5, 0.6) is 0 Å². The fraction of sp³-hybridized carbons (Fsp3) is 0.429. The highest BCUT2D eigenvalue weighted by Gasteiger charge is 2.18. The minimum atomic E-state index is -1.20. The molecule has 0 aromatic heterocycles. The van der Waals surface area contributed by atoms with Crippen LogP contribution in [-0.2, 0) is 22.3 Å². The third-order valence-electron chi connectivity index (χ3n) is 4.41. The van der Waals surface area contributed by atoms with Crippen LogP contribution in [0, 0.1) is 6.92 Å². The van der Waals surface area contributed by atoms with Crippen molar-refractivity contribution in [2.45, 2.75) is 45.4 Å². The van der Waals surface area contributed by atoms with Gasteiger partial charge in [-0.25, -0.2) is 9.59 Å². The molecule has 1 aromatic rings. The van der Waals surface area contributed by atoms with Gasteiger partial charge in [-0.1, -0.05) is 13.2 Å². The topological polar surface area (TPSA) is 117 Å². The van der Waals surface area contributed by atoms with Crippen LogP contribution in [0.15, 0.2) is 31.7 Å². The van der Waals surface area contributed by atoms with E-state index in [4.69, 9.17) is 9.47 Å². The van der Waals surface area contributed by atoms with Gasteiger partial charge in [0.15, 0.2) is 0 Å². The van der Waals surface area contributed by atoms with Gasteiger partial charge in [0, 0.05) is 5.69 Å². The standard InChI is InChI=1S/C21H30N2O6/c1-4-28-12-8-6-10-16-14-18(22-20(24)25)17(11-7-9-13-29-5-2)19(15(16)3)23-21(26)27/h4-5,14,22-23H,1-2,6-13H2,3H3,(H,24,25)(H,26,27). The van der Waals surface area contributed by atoms with E-state index in [9.17, 15) is 19.8 Å². The van der Waals surface area contributed by atoms with Gasteiger partial charge >= 0.3 is 12.2 Å². The van der Waals surface area contributed by atoms with Crippen molar-refractivity contribution in [3.8, 4) is 0 Å². The Labute approximate surface area is 171 Å². The fourth-order valence-corrected chi connectivity index (χ4v) is 3.07. The zero-order valence-corrected chi connectivity index (χ0v) is 16.8. The molecule has 0 atom stereocenters. The van der Waals surface area contributed by atoms with Crippen molar-refractivity contribution in [2.24, 2.45) is 0 Å². The third kappa shape index (κ3) is 8.59. The highest BCUT2D eigenvalue weighted by atomic mass is 16.5. The van der Waals surface area contributed by atoms with Crippen LogP contribution in [0.3, 0.4) is 0 Å². The fourth-order valence-electron chi connectivity index (χ4n) is 3.07. The Kier molecular flexibility index (Phi) is 10.8. The molecule has 4 N–H and O–H groups in total. The number of aryl methyl sites for hydroxylation is 1. The number of hydrogen-bond donors (Lipinski definition) is 4. The molecule has 1 aromatic carbocycles. The van der Waals surface area contributed by atoms with Gasteiger partial charge in [0.05, 0.1) is 31.4 Å². The van der Waals surface area contributed by atoms with Crippen molar-refractivity contribution >= 4 is 23.6 Å². The molecule has 8 heteroatoms. The van der Waals surface area contributed by atoms with Crippen LogP contribution in [0.1, 0.15) is 42.4 Å². The van der Waals surface area contributed by atoms with Gasteiger partial charge in [0.25, 0.3) is 0 Å². The van der Waals surface area contributed by atoms with Gasteiger partial charge in [-0.3, -0.25) is 10.6 Å². The Bertz CT molecular complexity index is 718. The van der Waals surface area contributed by atoms with Crippen molar-refractivity contribution in [2.75, 3.05) is 23.8 Å². The normalized spacial score (nSPS) is 10.1. The van der Waals surface area contributed by atoms with E-state index in [-0.39, 0.29) is 0 Å². The molecular formula is C21H30N2O6. The number of carboxylic acid groups (broad SMARTS) is 2. The number of unbranched alkanes of at least 4 members (excludes halogenated alkanes) is 2. The van der Waals surface area contributed by atoms with Crippen LogP contribution in [0.4, 0.5) is 21.0 Å². The van der Waals surface area contributed by atoms with E-state index < -0.39 is 12.2 Å². The SMILES string of the molecule is C=COCCCCc1cc(NC(=O)O)c(CCCCOC=C)c(NC(=O)O)c1C. The molecule has 0 saturated carbocycles. The second kappa shape index (κ2) is 13.1. The van der Waals surface area contributed by atoms with E-state index in [2.05, 4.69) is 23.8 Å². The molecule has 0 unspecified atom stereocenters. The molecule has 8 nitrogen and oxygen atoms in total. The van der Waals surface area contributed by atoms with Crippen LogP contribution >= 0.6 is 0 Å². The first-order valence-electron chi connectivity index (χ1n) is 9.51. The van der Waals surface area contributed by atoms with E-state index in [0.717, 1.165) is 30.4 Å².